The van der Waals surface area contributed by atoms with Crippen LogP contribution in [-0.4, -0.2) is 38.1 Å². The second-order valence-electron chi connectivity index (χ2n) is 3.69. The van der Waals surface area contributed by atoms with E-state index in [0.717, 1.165) is 25.9 Å². The van der Waals surface area contributed by atoms with Gasteiger partial charge >= 0.3 is 5.97 Å². The molecule has 0 aliphatic heterocycles. The average molecular weight is 201 g/mol. The molecule has 0 heterocycles. The molecule has 0 fully saturated rings. The first-order valence-corrected chi connectivity index (χ1v) is 5.46. The van der Waals surface area contributed by atoms with E-state index in [2.05, 4.69) is 23.6 Å². The van der Waals surface area contributed by atoms with Crippen LogP contribution in [-0.2, 0) is 9.53 Å². The lowest BCUT2D eigenvalue weighted by atomic mass is 10.2. The first-order chi connectivity index (χ1) is 6.70. The van der Waals surface area contributed by atoms with Crippen molar-refractivity contribution in [2.45, 2.75) is 39.0 Å². The molecule has 14 heavy (non-hydrogen) atoms. The zero-order valence-electron chi connectivity index (χ0n) is 9.71. The van der Waals surface area contributed by atoms with Crippen molar-refractivity contribution in [3.05, 3.63) is 0 Å². The van der Waals surface area contributed by atoms with E-state index in [9.17, 15) is 4.79 Å². The molecule has 0 rings (SSSR count). The summed E-state index contributed by atoms with van der Waals surface area (Å²) in [4.78, 5) is 13.1. The van der Waals surface area contributed by atoms with Gasteiger partial charge in [-0.2, -0.15) is 0 Å². The van der Waals surface area contributed by atoms with Gasteiger partial charge < -0.3 is 9.64 Å². The van der Waals surface area contributed by atoms with Crippen LogP contribution < -0.4 is 0 Å². The highest BCUT2D eigenvalue weighted by atomic mass is 16.5. The predicted octanol–water partition coefficient (Wildman–Crippen LogP) is 2.06. The molecule has 84 valence electrons. The molecule has 0 spiro atoms. The summed E-state index contributed by atoms with van der Waals surface area (Å²) in [7, 11) is 3.58. The molecule has 3 nitrogen and oxygen atoms in total. The lowest BCUT2D eigenvalue weighted by molar-refractivity contribution is -0.140. The molecule has 0 amide bonds. The number of hydrogen-bond donors (Lipinski definition) is 0. The Hall–Kier alpha value is -0.570. The van der Waals surface area contributed by atoms with Gasteiger partial charge in [0.15, 0.2) is 0 Å². The minimum absolute atomic E-state index is 0.0908. The molecule has 0 aromatic rings. The summed E-state index contributed by atoms with van der Waals surface area (Å²) in [5.41, 5.74) is 0. The van der Waals surface area contributed by atoms with Gasteiger partial charge in [0.05, 0.1) is 7.11 Å². The number of esters is 1. The number of unbranched alkanes of at least 4 members (excludes halogenated alkanes) is 2. The normalized spacial score (nSPS) is 10.6. The molecule has 0 aromatic heterocycles. The lowest BCUT2D eigenvalue weighted by Gasteiger charge is -2.14. The summed E-state index contributed by atoms with van der Waals surface area (Å²) in [6, 6.07) is 0. The van der Waals surface area contributed by atoms with Crippen LogP contribution in [0.3, 0.4) is 0 Å². The third kappa shape index (κ3) is 8.05. The monoisotopic (exact) mass is 201 g/mol. The van der Waals surface area contributed by atoms with Crippen molar-refractivity contribution >= 4 is 5.97 Å². The maximum atomic E-state index is 10.8. The Bertz CT molecular complexity index is 148. The fraction of sp³-hybridized carbons (Fsp3) is 0.909. The van der Waals surface area contributed by atoms with Crippen LogP contribution in [0.1, 0.15) is 39.0 Å². The molecular weight excluding hydrogens is 178 g/mol. The van der Waals surface area contributed by atoms with Crippen molar-refractivity contribution in [3.63, 3.8) is 0 Å². The van der Waals surface area contributed by atoms with Crippen molar-refractivity contribution in [2.75, 3.05) is 27.2 Å². The Balaban J connectivity index is 3.17. The van der Waals surface area contributed by atoms with Crippen LogP contribution in [0.2, 0.25) is 0 Å². The number of nitrogens with zero attached hydrogens (tertiary/aromatic N) is 1. The molecule has 0 saturated carbocycles. The summed E-state index contributed by atoms with van der Waals surface area (Å²) in [5.74, 6) is -0.0908. The van der Waals surface area contributed by atoms with E-state index in [1.165, 1.54) is 20.0 Å². The number of ether oxygens (including phenoxy) is 1. The van der Waals surface area contributed by atoms with E-state index in [-0.39, 0.29) is 5.97 Å². The molecular formula is C11H23NO2. The highest BCUT2D eigenvalue weighted by Gasteiger charge is 2.00. The fourth-order valence-corrected chi connectivity index (χ4v) is 1.42. The van der Waals surface area contributed by atoms with Crippen molar-refractivity contribution in [1.82, 2.24) is 4.90 Å². The molecule has 0 saturated heterocycles. The first kappa shape index (κ1) is 13.4. The fourth-order valence-electron chi connectivity index (χ4n) is 1.42. The van der Waals surface area contributed by atoms with Gasteiger partial charge in [-0.25, -0.2) is 0 Å². The Morgan fingerprint density at radius 2 is 1.93 bits per heavy atom. The summed E-state index contributed by atoms with van der Waals surface area (Å²) >= 11 is 0. The number of hydrogen-bond acceptors (Lipinski definition) is 3. The molecule has 0 N–H and O–H groups in total. The van der Waals surface area contributed by atoms with Gasteiger partial charge in [-0.15, -0.1) is 0 Å². The second kappa shape index (κ2) is 9.00. The van der Waals surface area contributed by atoms with E-state index < -0.39 is 0 Å². The van der Waals surface area contributed by atoms with Crippen molar-refractivity contribution in [2.24, 2.45) is 0 Å². The van der Waals surface area contributed by atoms with Gasteiger partial charge in [-0.1, -0.05) is 13.3 Å². The van der Waals surface area contributed by atoms with Crippen LogP contribution in [0, 0.1) is 0 Å². The van der Waals surface area contributed by atoms with E-state index in [4.69, 9.17) is 0 Å². The van der Waals surface area contributed by atoms with E-state index in [0.29, 0.717) is 6.42 Å². The molecule has 0 unspecified atom stereocenters. The van der Waals surface area contributed by atoms with Gasteiger partial charge in [-0.3, -0.25) is 4.79 Å². The number of methoxy groups -OCH3 is 1. The predicted molar refractivity (Wildman–Crippen MR) is 58.3 cm³/mol. The van der Waals surface area contributed by atoms with Gasteiger partial charge in [0.25, 0.3) is 0 Å². The van der Waals surface area contributed by atoms with Crippen LogP contribution in [0.25, 0.3) is 0 Å². The summed E-state index contributed by atoms with van der Waals surface area (Å²) in [6.45, 7) is 4.49. The van der Waals surface area contributed by atoms with Crippen molar-refractivity contribution < 1.29 is 9.53 Å². The van der Waals surface area contributed by atoms with Gasteiger partial charge in [0.1, 0.15) is 0 Å². The molecule has 0 aromatic carbocycles. The van der Waals surface area contributed by atoms with Gasteiger partial charge in [0.2, 0.25) is 0 Å². The largest absolute Gasteiger partial charge is 0.469 e. The Morgan fingerprint density at radius 1 is 1.21 bits per heavy atom. The Labute approximate surface area is 87.4 Å². The maximum Gasteiger partial charge on any atom is 0.305 e. The van der Waals surface area contributed by atoms with Crippen LogP contribution in [0.15, 0.2) is 0 Å². The van der Waals surface area contributed by atoms with Crippen molar-refractivity contribution in [1.29, 1.82) is 0 Å². The summed E-state index contributed by atoms with van der Waals surface area (Å²) in [5, 5.41) is 0. The summed E-state index contributed by atoms with van der Waals surface area (Å²) < 4.78 is 4.57. The zero-order valence-corrected chi connectivity index (χ0v) is 9.71. The highest BCUT2D eigenvalue weighted by Crippen LogP contribution is 2.02. The molecule has 0 radical (unpaired) electrons. The smallest absolute Gasteiger partial charge is 0.305 e. The topological polar surface area (TPSA) is 29.5 Å². The molecule has 0 aliphatic carbocycles. The number of rotatable bonds is 8. The second-order valence-corrected chi connectivity index (χ2v) is 3.69. The maximum absolute atomic E-state index is 10.8. The van der Waals surface area contributed by atoms with E-state index in [1.54, 1.807) is 0 Å². The minimum atomic E-state index is -0.0908. The van der Waals surface area contributed by atoms with Crippen LogP contribution >= 0.6 is 0 Å². The Kier molecular flexibility index (Phi) is 8.64. The zero-order chi connectivity index (χ0) is 10.8. The quantitative estimate of drug-likeness (QED) is 0.445. The Morgan fingerprint density at radius 3 is 2.50 bits per heavy atom. The van der Waals surface area contributed by atoms with Gasteiger partial charge in [-0.05, 0) is 39.4 Å². The van der Waals surface area contributed by atoms with E-state index >= 15 is 0 Å². The highest BCUT2D eigenvalue weighted by molar-refractivity contribution is 5.68. The number of carbonyl (C=O) groups excluding carboxylic acids is 1. The summed E-state index contributed by atoms with van der Waals surface area (Å²) in [6.07, 6.45) is 5.01. The molecule has 0 aliphatic rings. The third-order valence-electron chi connectivity index (χ3n) is 2.25. The average Bonchev–Trinajstić information content (AvgIpc) is 2.17. The molecule has 0 atom stereocenters. The van der Waals surface area contributed by atoms with Gasteiger partial charge in [0, 0.05) is 6.42 Å². The van der Waals surface area contributed by atoms with E-state index in [1.807, 2.05) is 0 Å². The SMILES string of the molecule is CCCN(C)CCCCCC(=O)OC. The lowest BCUT2D eigenvalue weighted by Crippen LogP contribution is -2.20. The van der Waals surface area contributed by atoms with Crippen molar-refractivity contribution in [3.8, 4) is 0 Å². The van der Waals surface area contributed by atoms with Crippen LogP contribution in [0.4, 0.5) is 0 Å². The minimum Gasteiger partial charge on any atom is -0.469 e. The standard InChI is InChI=1S/C11H23NO2/c1-4-9-12(2)10-7-5-6-8-11(13)14-3/h4-10H2,1-3H3. The third-order valence-corrected chi connectivity index (χ3v) is 2.25. The first-order valence-electron chi connectivity index (χ1n) is 5.46. The molecule has 3 heteroatoms. The molecule has 0 bridgehead atoms. The number of carbonyl (C=O) groups is 1. The van der Waals surface area contributed by atoms with Crippen LogP contribution in [0.5, 0.6) is 0 Å².